The Labute approximate surface area is 299 Å². The number of nitrogen functional groups attached to an aromatic ring is 1. The van der Waals surface area contributed by atoms with Crippen LogP contribution in [-0.2, 0) is 22.9 Å². The molecule has 0 spiro atoms. The molecule has 2 N–H and O–H groups in total. The summed E-state index contributed by atoms with van der Waals surface area (Å²) in [5, 5.41) is 20.0. The SMILES string of the molecule is CCOc1c(-c2ccc(N)cc2)c(C)nn1COCC[Si](C)(C)C.CCOc1c(-c2ccc([N+](=O)[O-])cc2)c(C)nn1COCC[Si](C)(C)C. The summed E-state index contributed by atoms with van der Waals surface area (Å²) in [6.07, 6.45) is 0. The molecule has 2 aromatic carbocycles. The molecule has 0 atom stereocenters. The van der Waals surface area contributed by atoms with Gasteiger partial charge in [-0.25, -0.2) is 9.36 Å². The van der Waals surface area contributed by atoms with Gasteiger partial charge >= 0.3 is 0 Å². The maximum atomic E-state index is 10.9. The van der Waals surface area contributed by atoms with Gasteiger partial charge in [-0.2, -0.15) is 10.2 Å². The van der Waals surface area contributed by atoms with Crippen molar-refractivity contribution in [1.29, 1.82) is 0 Å². The molecule has 2 heterocycles. The first kappa shape index (κ1) is 40.4. The Morgan fingerprint density at radius 1 is 0.700 bits per heavy atom. The normalized spacial score (nSPS) is 11.6. The number of nitrogens with two attached hydrogens (primary N) is 1. The van der Waals surface area contributed by atoms with E-state index < -0.39 is 21.1 Å². The van der Waals surface area contributed by atoms with Crippen molar-refractivity contribution in [3.63, 3.8) is 0 Å². The van der Waals surface area contributed by atoms with Gasteiger partial charge in [0.15, 0.2) is 0 Å². The lowest BCUT2D eigenvalue weighted by Crippen LogP contribution is -2.22. The van der Waals surface area contributed by atoms with Gasteiger partial charge in [-0.3, -0.25) is 10.1 Å². The summed E-state index contributed by atoms with van der Waals surface area (Å²) in [6, 6.07) is 16.4. The van der Waals surface area contributed by atoms with Crippen LogP contribution in [0.4, 0.5) is 11.4 Å². The van der Waals surface area contributed by atoms with Gasteiger partial charge in [0.2, 0.25) is 11.8 Å². The lowest BCUT2D eigenvalue weighted by atomic mass is 10.1. The number of nitro benzene ring substituents is 1. The first-order chi connectivity index (χ1) is 23.5. The third kappa shape index (κ3) is 12.1. The molecule has 0 radical (unpaired) electrons. The predicted molar refractivity (Wildman–Crippen MR) is 206 cm³/mol. The van der Waals surface area contributed by atoms with E-state index in [-0.39, 0.29) is 5.69 Å². The number of aryl methyl sites for hydroxylation is 2. The van der Waals surface area contributed by atoms with Crippen LogP contribution in [0.1, 0.15) is 25.2 Å². The highest BCUT2D eigenvalue weighted by Gasteiger charge is 2.21. The predicted octanol–water partition coefficient (Wildman–Crippen LogP) is 8.63. The van der Waals surface area contributed by atoms with Crippen LogP contribution in [0.25, 0.3) is 22.3 Å². The second-order valence-corrected chi connectivity index (χ2v) is 25.8. The van der Waals surface area contributed by atoms with Crippen LogP contribution >= 0.6 is 0 Å². The average molecular weight is 725 g/mol. The number of hydrogen-bond acceptors (Lipinski definition) is 9. The molecule has 0 saturated heterocycles. The molecule has 12 nitrogen and oxygen atoms in total. The molecule has 14 heteroatoms. The zero-order valence-corrected chi connectivity index (χ0v) is 33.5. The highest BCUT2D eigenvalue weighted by molar-refractivity contribution is 6.76. The van der Waals surface area contributed by atoms with Gasteiger partial charge in [0.25, 0.3) is 5.69 Å². The number of hydrogen-bond donors (Lipinski definition) is 1. The number of nitrogens with zero attached hydrogens (tertiary/aromatic N) is 5. The topological polar surface area (TPSA) is 142 Å². The largest absolute Gasteiger partial charge is 0.478 e. The number of non-ortho nitro benzene ring substituents is 1. The summed E-state index contributed by atoms with van der Waals surface area (Å²) >= 11 is 0. The maximum Gasteiger partial charge on any atom is 0.269 e. The third-order valence-corrected chi connectivity index (χ3v) is 11.1. The summed E-state index contributed by atoms with van der Waals surface area (Å²) < 4.78 is 26.9. The molecule has 0 saturated carbocycles. The van der Waals surface area contributed by atoms with Gasteiger partial charge in [-0.1, -0.05) is 51.4 Å². The summed E-state index contributed by atoms with van der Waals surface area (Å²) in [5.41, 5.74) is 12.1. The number of ether oxygens (including phenoxy) is 4. The van der Waals surface area contributed by atoms with E-state index in [0.717, 1.165) is 63.9 Å². The van der Waals surface area contributed by atoms with Gasteiger partial charge in [0, 0.05) is 47.2 Å². The summed E-state index contributed by atoms with van der Waals surface area (Å²) in [7, 11) is -2.22. The summed E-state index contributed by atoms with van der Waals surface area (Å²) in [4.78, 5) is 10.5. The van der Waals surface area contributed by atoms with Crippen molar-refractivity contribution in [3.8, 4) is 34.0 Å². The molecular formula is C36H56N6O6Si2. The van der Waals surface area contributed by atoms with Gasteiger partial charge in [-0.05, 0) is 75.2 Å². The van der Waals surface area contributed by atoms with E-state index in [9.17, 15) is 10.1 Å². The molecule has 0 unspecified atom stereocenters. The van der Waals surface area contributed by atoms with Crippen LogP contribution in [0.15, 0.2) is 48.5 Å². The van der Waals surface area contributed by atoms with Crippen molar-refractivity contribution in [2.75, 3.05) is 32.2 Å². The number of benzene rings is 2. The zero-order valence-electron chi connectivity index (χ0n) is 31.5. The molecule has 0 aliphatic rings. The van der Waals surface area contributed by atoms with Crippen LogP contribution in [0.5, 0.6) is 11.8 Å². The van der Waals surface area contributed by atoms with Gasteiger partial charge in [0.05, 0.1) is 40.7 Å². The highest BCUT2D eigenvalue weighted by atomic mass is 28.3. The van der Waals surface area contributed by atoms with E-state index in [1.54, 1.807) is 16.8 Å². The Balaban J connectivity index is 0.000000271. The quantitative estimate of drug-likeness (QED) is 0.0372. The second-order valence-electron chi connectivity index (χ2n) is 14.5. The minimum Gasteiger partial charge on any atom is -0.478 e. The van der Waals surface area contributed by atoms with E-state index in [1.165, 1.54) is 12.1 Å². The number of anilines is 1. The fourth-order valence-corrected chi connectivity index (χ4v) is 6.50. The molecule has 2 aromatic heterocycles. The van der Waals surface area contributed by atoms with Crippen molar-refractivity contribution >= 4 is 27.5 Å². The van der Waals surface area contributed by atoms with Crippen molar-refractivity contribution in [1.82, 2.24) is 19.6 Å². The summed E-state index contributed by atoms with van der Waals surface area (Å²) in [6.45, 7) is 25.0. The van der Waals surface area contributed by atoms with E-state index >= 15 is 0 Å². The smallest absolute Gasteiger partial charge is 0.269 e. The molecule has 0 aliphatic carbocycles. The minimum absolute atomic E-state index is 0.0615. The number of nitro groups is 1. The Hall–Kier alpha value is -3.99. The van der Waals surface area contributed by atoms with Crippen LogP contribution in [0.2, 0.25) is 51.4 Å². The first-order valence-corrected chi connectivity index (χ1v) is 24.6. The molecule has 4 aromatic rings. The first-order valence-electron chi connectivity index (χ1n) is 17.2. The fourth-order valence-electron chi connectivity index (χ4n) is 4.99. The van der Waals surface area contributed by atoms with Crippen LogP contribution < -0.4 is 15.2 Å². The van der Waals surface area contributed by atoms with Crippen LogP contribution in [-0.4, -0.2) is 67.1 Å². The molecular weight excluding hydrogens is 669 g/mol. The Morgan fingerprint density at radius 2 is 1.08 bits per heavy atom. The van der Waals surface area contributed by atoms with E-state index in [0.29, 0.717) is 39.2 Å². The van der Waals surface area contributed by atoms with Gasteiger partial charge in [-0.15, -0.1) is 0 Å². The Kier molecular flexibility index (Phi) is 14.8. The molecule has 4 rings (SSSR count). The second kappa shape index (κ2) is 18.3. The molecule has 0 aliphatic heterocycles. The van der Waals surface area contributed by atoms with Crippen LogP contribution in [0, 0.1) is 24.0 Å². The summed E-state index contributed by atoms with van der Waals surface area (Å²) in [5.74, 6) is 1.39. The highest BCUT2D eigenvalue weighted by Crippen LogP contribution is 2.35. The van der Waals surface area contributed by atoms with E-state index in [1.807, 2.05) is 56.6 Å². The standard InChI is InChI=1S/C18H27N3O4Si.C18H29N3O2Si/c1-6-25-18-17(15-7-9-16(10-8-15)21(22)23)14(2)19-20(18)13-24-11-12-26(3,4)5;1-6-23-18-17(15-7-9-16(19)10-8-15)14(2)20-21(18)13-22-11-12-24(3,4)5/h7-10H,6,11-13H2,1-5H3;7-10H,6,11-13,19H2,1-5H3. The molecule has 50 heavy (non-hydrogen) atoms. The van der Waals surface area contributed by atoms with Crippen molar-refractivity contribution in [3.05, 3.63) is 70.0 Å². The van der Waals surface area contributed by atoms with Crippen molar-refractivity contribution in [2.45, 2.75) is 92.5 Å². The maximum absolute atomic E-state index is 10.9. The molecule has 0 fully saturated rings. The van der Waals surface area contributed by atoms with E-state index in [4.69, 9.17) is 24.7 Å². The van der Waals surface area contributed by atoms with E-state index in [2.05, 4.69) is 49.5 Å². The lowest BCUT2D eigenvalue weighted by Gasteiger charge is -2.16. The molecule has 274 valence electrons. The average Bonchev–Trinajstić information content (AvgIpc) is 3.52. The number of rotatable bonds is 17. The Bertz CT molecular complexity index is 1660. The van der Waals surface area contributed by atoms with Crippen molar-refractivity contribution < 1.29 is 23.9 Å². The monoisotopic (exact) mass is 724 g/mol. The Morgan fingerprint density at radius 3 is 1.42 bits per heavy atom. The van der Waals surface area contributed by atoms with Gasteiger partial charge < -0.3 is 24.7 Å². The van der Waals surface area contributed by atoms with Crippen LogP contribution in [0.3, 0.4) is 0 Å². The third-order valence-electron chi connectivity index (χ3n) is 7.71. The zero-order chi connectivity index (χ0) is 37.1. The lowest BCUT2D eigenvalue weighted by molar-refractivity contribution is -0.384. The van der Waals surface area contributed by atoms with Gasteiger partial charge in [0.1, 0.15) is 13.5 Å². The number of aromatic nitrogens is 4. The fraction of sp³-hybridized carbons (Fsp3) is 0.500. The molecule has 0 amide bonds. The molecule has 0 bridgehead atoms. The minimum atomic E-state index is -1.14. The van der Waals surface area contributed by atoms with Crippen molar-refractivity contribution in [2.24, 2.45) is 0 Å².